The minimum atomic E-state index is -2.97. The molecule has 0 amide bonds. The third-order valence-electron chi connectivity index (χ3n) is 2.37. The van der Waals surface area contributed by atoms with Gasteiger partial charge in [-0.3, -0.25) is 0 Å². The van der Waals surface area contributed by atoms with E-state index in [0.29, 0.717) is 0 Å². The largest absolute Gasteiger partial charge is 0.214 e. The predicted molar refractivity (Wildman–Crippen MR) is 40.1 cm³/mol. The Hall–Kier alpha value is -0.0900. The number of nitrogens with one attached hydrogen (secondary N) is 1. The Morgan fingerprint density at radius 2 is 1.70 bits per heavy atom. The Bertz CT molecular complexity index is 222. The maximum absolute atomic E-state index is 11.1. The van der Waals surface area contributed by atoms with Crippen molar-refractivity contribution in [2.24, 2.45) is 5.92 Å². The average molecular weight is 163 g/mol. The zero-order valence-electron chi connectivity index (χ0n) is 6.46. The van der Waals surface area contributed by atoms with Crippen molar-refractivity contribution in [3.8, 4) is 0 Å². The van der Waals surface area contributed by atoms with Crippen LogP contribution in [0, 0.1) is 5.92 Å². The summed E-state index contributed by atoms with van der Waals surface area (Å²) in [6.45, 7) is 5.59. The Morgan fingerprint density at radius 1 is 1.20 bits per heavy atom. The van der Waals surface area contributed by atoms with Crippen LogP contribution in [0.3, 0.4) is 0 Å². The minimum absolute atomic E-state index is 0.0972. The molecule has 1 N–H and O–H groups in total. The molecule has 4 heteroatoms. The van der Waals surface area contributed by atoms with Crippen LogP contribution in [0.25, 0.3) is 0 Å². The van der Waals surface area contributed by atoms with Gasteiger partial charge in [-0.2, -0.15) is 0 Å². The first kappa shape index (κ1) is 8.01. The SMILES string of the molecule is C[C@H]1[C@@H](C)S(=O)(=O)N[C@@H]1C. The van der Waals surface area contributed by atoms with Crippen LogP contribution in [-0.2, 0) is 10.0 Å². The molecule has 0 spiro atoms. The van der Waals surface area contributed by atoms with Gasteiger partial charge in [-0.15, -0.1) is 0 Å². The van der Waals surface area contributed by atoms with Crippen molar-refractivity contribution < 1.29 is 8.42 Å². The minimum Gasteiger partial charge on any atom is -0.212 e. The van der Waals surface area contributed by atoms with Gasteiger partial charge in [0.05, 0.1) is 5.25 Å². The van der Waals surface area contributed by atoms with Gasteiger partial charge in [0.1, 0.15) is 0 Å². The third kappa shape index (κ3) is 1.06. The molecular weight excluding hydrogens is 150 g/mol. The number of rotatable bonds is 0. The van der Waals surface area contributed by atoms with Gasteiger partial charge in [0.25, 0.3) is 0 Å². The lowest BCUT2D eigenvalue weighted by Gasteiger charge is -2.07. The van der Waals surface area contributed by atoms with Crippen molar-refractivity contribution in [2.45, 2.75) is 32.1 Å². The van der Waals surface area contributed by atoms with Crippen LogP contribution in [0.5, 0.6) is 0 Å². The summed E-state index contributed by atoms with van der Waals surface area (Å²) in [6, 6.07) is 0.0972. The van der Waals surface area contributed by atoms with Gasteiger partial charge >= 0.3 is 0 Å². The van der Waals surface area contributed by atoms with Gasteiger partial charge in [0.15, 0.2) is 0 Å². The fourth-order valence-corrected chi connectivity index (χ4v) is 2.91. The zero-order valence-corrected chi connectivity index (χ0v) is 7.27. The Kier molecular flexibility index (Phi) is 1.76. The second kappa shape index (κ2) is 2.20. The highest BCUT2D eigenvalue weighted by Crippen LogP contribution is 2.22. The van der Waals surface area contributed by atoms with Crippen LogP contribution in [0.15, 0.2) is 0 Å². The van der Waals surface area contributed by atoms with Gasteiger partial charge in [-0.25, -0.2) is 13.1 Å². The second-order valence-corrected chi connectivity index (χ2v) is 5.09. The molecule has 1 saturated heterocycles. The van der Waals surface area contributed by atoms with E-state index in [-0.39, 0.29) is 17.2 Å². The molecule has 0 radical (unpaired) electrons. The van der Waals surface area contributed by atoms with Crippen LogP contribution < -0.4 is 4.72 Å². The van der Waals surface area contributed by atoms with Crippen LogP contribution in [0.4, 0.5) is 0 Å². The zero-order chi connectivity index (χ0) is 7.94. The van der Waals surface area contributed by atoms with Crippen molar-refractivity contribution in [1.82, 2.24) is 4.72 Å². The van der Waals surface area contributed by atoms with E-state index >= 15 is 0 Å². The van der Waals surface area contributed by atoms with Gasteiger partial charge in [0, 0.05) is 6.04 Å². The molecular formula is C6H13NO2S. The molecule has 60 valence electrons. The fraction of sp³-hybridized carbons (Fsp3) is 1.00. The molecule has 1 aliphatic heterocycles. The van der Waals surface area contributed by atoms with E-state index in [0.717, 1.165) is 0 Å². The highest BCUT2D eigenvalue weighted by molar-refractivity contribution is 7.90. The molecule has 1 fully saturated rings. The predicted octanol–water partition coefficient (Wildman–Crippen LogP) is 0.333. The molecule has 0 unspecified atom stereocenters. The molecule has 0 aliphatic carbocycles. The first-order chi connectivity index (χ1) is 4.45. The van der Waals surface area contributed by atoms with E-state index in [2.05, 4.69) is 4.72 Å². The molecule has 0 saturated carbocycles. The smallest absolute Gasteiger partial charge is 0.212 e. The average Bonchev–Trinajstić information content (AvgIpc) is 1.95. The van der Waals surface area contributed by atoms with Gasteiger partial charge in [0.2, 0.25) is 10.0 Å². The van der Waals surface area contributed by atoms with E-state index in [4.69, 9.17) is 0 Å². The number of hydrogen-bond acceptors (Lipinski definition) is 2. The standard InChI is InChI=1S/C6H13NO2S/c1-4-5(2)7-10(8,9)6(4)3/h4-7H,1-3H3/t4-,5-,6-/m1/s1. The summed E-state index contributed by atoms with van der Waals surface area (Å²) in [5.74, 6) is 0.227. The monoisotopic (exact) mass is 163 g/mol. The maximum atomic E-state index is 11.1. The van der Waals surface area contributed by atoms with Crippen molar-refractivity contribution in [3.05, 3.63) is 0 Å². The Labute approximate surface area is 61.9 Å². The molecule has 3 atom stereocenters. The fourth-order valence-electron chi connectivity index (χ4n) is 1.16. The summed E-state index contributed by atoms with van der Waals surface area (Å²) in [5, 5.41) is -0.234. The Balaban J connectivity index is 2.93. The van der Waals surface area contributed by atoms with Crippen LogP contribution in [-0.4, -0.2) is 19.7 Å². The van der Waals surface area contributed by atoms with E-state index < -0.39 is 10.0 Å². The summed E-state index contributed by atoms with van der Waals surface area (Å²) >= 11 is 0. The van der Waals surface area contributed by atoms with E-state index in [1.54, 1.807) is 6.92 Å². The summed E-state index contributed by atoms with van der Waals surface area (Å²) < 4.78 is 24.7. The molecule has 0 aromatic rings. The van der Waals surface area contributed by atoms with Crippen LogP contribution in [0.2, 0.25) is 0 Å². The van der Waals surface area contributed by atoms with Crippen LogP contribution in [0.1, 0.15) is 20.8 Å². The molecule has 1 aliphatic rings. The second-order valence-electron chi connectivity index (χ2n) is 3.02. The van der Waals surface area contributed by atoms with Gasteiger partial charge in [-0.05, 0) is 19.8 Å². The lowest BCUT2D eigenvalue weighted by Crippen LogP contribution is -2.24. The van der Waals surface area contributed by atoms with Crippen LogP contribution >= 0.6 is 0 Å². The van der Waals surface area contributed by atoms with E-state index in [9.17, 15) is 8.42 Å². The molecule has 1 heterocycles. The van der Waals surface area contributed by atoms with Gasteiger partial charge < -0.3 is 0 Å². The maximum Gasteiger partial charge on any atom is 0.214 e. The topological polar surface area (TPSA) is 46.2 Å². The first-order valence-corrected chi connectivity index (χ1v) is 5.01. The highest BCUT2D eigenvalue weighted by atomic mass is 32.2. The van der Waals surface area contributed by atoms with E-state index in [1.165, 1.54) is 0 Å². The number of hydrogen-bond donors (Lipinski definition) is 1. The Morgan fingerprint density at radius 3 is 1.80 bits per heavy atom. The molecule has 0 bridgehead atoms. The summed E-state index contributed by atoms with van der Waals surface area (Å²) in [7, 11) is -2.97. The van der Waals surface area contributed by atoms with E-state index in [1.807, 2.05) is 13.8 Å². The molecule has 0 aromatic heterocycles. The van der Waals surface area contributed by atoms with Crippen molar-refractivity contribution in [2.75, 3.05) is 0 Å². The third-order valence-corrected chi connectivity index (χ3v) is 4.48. The normalized spacial score (nSPS) is 45.7. The van der Waals surface area contributed by atoms with Crippen molar-refractivity contribution in [1.29, 1.82) is 0 Å². The first-order valence-electron chi connectivity index (χ1n) is 3.46. The molecule has 0 aromatic carbocycles. The lowest BCUT2D eigenvalue weighted by molar-refractivity contribution is 0.492. The summed E-state index contributed by atoms with van der Waals surface area (Å²) in [4.78, 5) is 0. The summed E-state index contributed by atoms with van der Waals surface area (Å²) in [6.07, 6.45) is 0. The number of sulfonamides is 1. The highest BCUT2D eigenvalue weighted by Gasteiger charge is 2.38. The van der Waals surface area contributed by atoms with Crippen molar-refractivity contribution in [3.63, 3.8) is 0 Å². The van der Waals surface area contributed by atoms with Crippen molar-refractivity contribution >= 4 is 10.0 Å². The molecule has 1 rings (SSSR count). The molecule has 3 nitrogen and oxygen atoms in total. The quantitative estimate of drug-likeness (QED) is 0.559. The summed E-state index contributed by atoms with van der Waals surface area (Å²) in [5.41, 5.74) is 0. The lowest BCUT2D eigenvalue weighted by atomic mass is 10.0. The molecule has 10 heavy (non-hydrogen) atoms. The van der Waals surface area contributed by atoms with Gasteiger partial charge in [-0.1, -0.05) is 6.92 Å².